The van der Waals surface area contributed by atoms with Crippen molar-refractivity contribution in [2.45, 2.75) is 17.9 Å². The quantitative estimate of drug-likeness (QED) is 0.624. The van der Waals surface area contributed by atoms with Crippen LogP contribution < -0.4 is 10.6 Å². The highest BCUT2D eigenvalue weighted by atomic mass is 32.2. The van der Waals surface area contributed by atoms with E-state index in [1.165, 1.54) is 12.5 Å². The first-order valence-electron chi connectivity index (χ1n) is 9.24. The van der Waals surface area contributed by atoms with E-state index in [1.807, 2.05) is 43.3 Å². The topological polar surface area (TPSA) is 88.2 Å². The van der Waals surface area contributed by atoms with E-state index in [9.17, 15) is 13.2 Å². The van der Waals surface area contributed by atoms with Crippen molar-refractivity contribution < 1.29 is 13.2 Å². The van der Waals surface area contributed by atoms with Gasteiger partial charge in [-0.2, -0.15) is 0 Å². The molecule has 2 aromatic carbocycles. The summed E-state index contributed by atoms with van der Waals surface area (Å²) in [7, 11) is -3.32. The number of rotatable bonds is 7. The number of nitrogens with one attached hydrogen (secondary N) is 2. The summed E-state index contributed by atoms with van der Waals surface area (Å²) in [5.74, 6) is 0.406. The Bertz CT molecular complexity index is 1080. The lowest BCUT2D eigenvalue weighted by Gasteiger charge is -2.21. The second-order valence-corrected chi connectivity index (χ2v) is 8.64. The molecule has 0 spiro atoms. The molecule has 2 N–H and O–H groups in total. The Kier molecular flexibility index (Phi) is 6.29. The monoisotopic (exact) mass is 409 g/mol. The summed E-state index contributed by atoms with van der Waals surface area (Å²) in [6.45, 7) is 2.40. The Morgan fingerprint density at radius 3 is 2.34 bits per heavy atom. The molecule has 0 aliphatic carbocycles. The molecule has 1 unspecified atom stereocenters. The maximum Gasteiger partial charge on any atom is 0.252 e. The van der Waals surface area contributed by atoms with Gasteiger partial charge in [-0.05, 0) is 42.3 Å². The highest BCUT2D eigenvalue weighted by Gasteiger charge is 2.17. The van der Waals surface area contributed by atoms with E-state index in [1.54, 1.807) is 30.3 Å². The molecule has 3 aromatic rings. The van der Waals surface area contributed by atoms with E-state index in [-0.39, 0.29) is 16.8 Å². The Balaban J connectivity index is 1.95. The zero-order valence-corrected chi connectivity index (χ0v) is 17.1. The van der Waals surface area contributed by atoms with Crippen LogP contribution in [0.4, 0.5) is 5.82 Å². The second kappa shape index (κ2) is 8.87. The van der Waals surface area contributed by atoms with Gasteiger partial charge in [-0.15, -0.1) is 0 Å². The summed E-state index contributed by atoms with van der Waals surface area (Å²) in [4.78, 5) is 16.5. The molecule has 150 valence electrons. The van der Waals surface area contributed by atoms with Gasteiger partial charge in [0.1, 0.15) is 5.82 Å². The number of aromatic nitrogens is 1. The standard InChI is InChI=1S/C22H23N3O3S/c1-3-23-22(26)18-12-13-20(24-15-18)25-21(16-8-5-4-6-9-16)17-10-7-11-19(14-17)29(2,27)28/h4-15,21H,3H2,1-2H3,(H,23,26)(H,24,25). The van der Waals surface area contributed by atoms with Crippen LogP contribution in [0.15, 0.2) is 77.8 Å². The number of sulfone groups is 1. The van der Waals surface area contributed by atoms with Gasteiger partial charge in [0, 0.05) is 19.0 Å². The lowest BCUT2D eigenvalue weighted by molar-refractivity contribution is 0.0955. The van der Waals surface area contributed by atoms with Crippen molar-refractivity contribution in [2.75, 3.05) is 18.1 Å². The van der Waals surface area contributed by atoms with Gasteiger partial charge in [0.2, 0.25) is 0 Å². The van der Waals surface area contributed by atoms with E-state index in [4.69, 9.17) is 0 Å². The van der Waals surface area contributed by atoms with Crippen molar-refractivity contribution in [3.63, 3.8) is 0 Å². The van der Waals surface area contributed by atoms with E-state index in [0.29, 0.717) is 17.9 Å². The van der Waals surface area contributed by atoms with Gasteiger partial charge in [-0.1, -0.05) is 42.5 Å². The van der Waals surface area contributed by atoms with Gasteiger partial charge in [0.15, 0.2) is 9.84 Å². The SMILES string of the molecule is CCNC(=O)c1ccc(NC(c2ccccc2)c2cccc(S(C)(=O)=O)c2)nc1. The van der Waals surface area contributed by atoms with Gasteiger partial charge in [0.05, 0.1) is 16.5 Å². The minimum absolute atomic E-state index is 0.174. The number of benzene rings is 2. The van der Waals surface area contributed by atoms with Crippen LogP contribution in [0.3, 0.4) is 0 Å². The Labute approximate surface area is 170 Å². The maximum absolute atomic E-state index is 12.0. The van der Waals surface area contributed by atoms with Crippen molar-refractivity contribution in [3.05, 3.63) is 89.6 Å². The van der Waals surface area contributed by atoms with Crippen molar-refractivity contribution in [2.24, 2.45) is 0 Å². The predicted octanol–water partition coefficient (Wildman–Crippen LogP) is 3.44. The van der Waals surface area contributed by atoms with Crippen molar-refractivity contribution in [1.82, 2.24) is 10.3 Å². The van der Waals surface area contributed by atoms with Gasteiger partial charge in [-0.3, -0.25) is 4.79 Å². The highest BCUT2D eigenvalue weighted by molar-refractivity contribution is 7.90. The smallest absolute Gasteiger partial charge is 0.252 e. The number of anilines is 1. The molecule has 29 heavy (non-hydrogen) atoms. The molecule has 7 heteroatoms. The van der Waals surface area contributed by atoms with E-state index in [2.05, 4.69) is 15.6 Å². The van der Waals surface area contributed by atoms with Crippen LogP contribution in [-0.2, 0) is 9.84 Å². The molecule has 0 aliphatic rings. The first kappa shape index (κ1) is 20.5. The number of nitrogens with zero attached hydrogens (tertiary/aromatic N) is 1. The second-order valence-electron chi connectivity index (χ2n) is 6.62. The fraction of sp³-hybridized carbons (Fsp3) is 0.182. The van der Waals surface area contributed by atoms with Crippen LogP contribution in [0.2, 0.25) is 0 Å². The number of carbonyl (C=O) groups is 1. The first-order valence-corrected chi connectivity index (χ1v) is 11.1. The third-order valence-electron chi connectivity index (χ3n) is 4.41. The van der Waals surface area contributed by atoms with Crippen LogP contribution in [0.25, 0.3) is 0 Å². The number of pyridine rings is 1. The molecule has 1 heterocycles. The molecular formula is C22H23N3O3S. The van der Waals surface area contributed by atoms with Gasteiger partial charge in [0.25, 0.3) is 5.91 Å². The molecule has 0 aliphatic heterocycles. The average Bonchev–Trinajstić information content (AvgIpc) is 2.73. The summed E-state index contributed by atoms with van der Waals surface area (Å²) in [5.41, 5.74) is 2.24. The van der Waals surface area contributed by atoms with Crippen LogP contribution in [0.1, 0.15) is 34.5 Å². The van der Waals surface area contributed by atoms with Crippen LogP contribution in [0, 0.1) is 0 Å². The average molecular weight is 410 g/mol. The third-order valence-corrected chi connectivity index (χ3v) is 5.52. The van der Waals surface area contributed by atoms with Crippen molar-refractivity contribution >= 4 is 21.6 Å². The molecule has 6 nitrogen and oxygen atoms in total. The van der Waals surface area contributed by atoms with Crippen LogP contribution in [0.5, 0.6) is 0 Å². The lowest BCUT2D eigenvalue weighted by atomic mass is 9.98. The molecule has 1 atom stereocenters. The summed E-state index contributed by atoms with van der Waals surface area (Å²) in [6.07, 6.45) is 2.71. The molecule has 0 fully saturated rings. The molecule has 0 saturated carbocycles. The zero-order valence-electron chi connectivity index (χ0n) is 16.3. The van der Waals surface area contributed by atoms with E-state index in [0.717, 1.165) is 11.1 Å². The Morgan fingerprint density at radius 2 is 1.72 bits per heavy atom. The van der Waals surface area contributed by atoms with Crippen LogP contribution >= 0.6 is 0 Å². The molecule has 0 radical (unpaired) electrons. The lowest BCUT2D eigenvalue weighted by Crippen LogP contribution is -2.22. The molecule has 0 saturated heterocycles. The normalized spacial score (nSPS) is 12.2. The number of hydrogen-bond acceptors (Lipinski definition) is 5. The minimum Gasteiger partial charge on any atom is -0.359 e. The number of carbonyl (C=O) groups excluding carboxylic acids is 1. The number of hydrogen-bond donors (Lipinski definition) is 2. The summed E-state index contributed by atoms with van der Waals surface area (Å²) >= 11 is 0. The van der Waals surface area contributed by atoms with Crippen LogP contribution in [-0.4, -0.2) is 32.1 Å². The fourth-order valence-electron chi connectivity index (χ4n) is 2.95. The Hall–Kier alpha value is -3.19. The summed E-state index contributed by atoms with van der Waals surface area (Å²) in [5, 5.41) is 6.09. The highest BCUT2D eigenvalue weighted by Crippen LogP contribution is 2.27. The van der Waals surface area contributed by atoms with Crippen molar-refractivity contribution in [1.29, 1.82) is 0 Å². The largest absolute Gasteiger partial charge is 0.359 e. The molecule has 0 bridgehead atoms. The molecule has 1 aromatic heterocycles. The summed E-state index contributed by atoms with van der Waals surface area (Å²) < 4.78 is 24.0. The molecular weight excluding hydrogens is 386 g/mol. The van der Waals surface area contributed by atoms with Gasteiger partial charge < -0.3 is 10.6 Å². The Morgan fingerprint density at radius 1 is 1.00 bits per heavy atom. The van der Waals surface area contributed by atoms with E-state index >= 15 is 0 Å². The summed E-state index contributed by atoms with van der Waals surface area (Å²) in [6, 6.07) is 19.7. The third kappa shape index (κ3) is 5.20. The number of amides is 1. The predicted molar refractivity (Wildman–Crippen MR) is 114 cm³/mol. The van der Waals surface area contributed by atoms with Crippen molar-refractivity contribution in [3.8, 4) is 0 Å². The zero-order chi connectivity index (χ0) is 20.9. The maximum atomic E-state index is 12.0. The fourth-order valence-corrected chi connectivity index (χ4v) is 3.63. The molecule has 1 amide bonds. The van der Waals surface area contributed by atoms with Gasteiger partial charge in [-0.25, -0.2) is 13.4 Å². The minimum atomic E-state index is -3.32. The van der Waals surface area contributed by atoms with Gasteiger partial charge >= 0.3 is 0 Å². The van der Waals surface area contributed by atoms with E-state index < -0.39 is 9.84 Å². The first-order chi connectivity index (χ1) is 13.9. The molecule has 3 rings (SSSR count).